The minimum Gasteiger partial charge on any atom is -0.484 e. The summed E-state index contributed by atoms with van der Waals surface area (Å²) in [5.41, 5.74) is 1.02. The first-order valence-corrected chi connectivity index (χ1v) is 9.19. The molecular weight excluding hydrogens is 382 g/mol. The topological polar surface area (TPSA) is 96.5 Å². The summed E-state index contributed by atoms with van der Waals surface area (Å²) in [6.45, 7) is 2.46. The maximum absolute atomic E-state index is 12.1. The van der Waals surface area contributed by atoms with Crippen molar-refractivity contribution in [2.75, 3.05) is 25.0 Å². The fourth-order valence-corrected chi connectivity index (χ4v) is 2.40. The van der Waals surface area contributed by atoms with E-state index >= 15 is 0 Å². The van der Waals surface area contributed by atoms with Crippen LogP contribution in [0.4, 0.5) is 5.69 Å². The molecular formula is C20H22ClN3O4. The molecule has 0 saturated heterocycles. The van der Waals surface area contributed by atoms with Crippen LogP contribution in [0.3, 0.4) is 0 Å². The summed E-state index contributed by atoms with van der Waals surface area (Å²) in [6.07, 6.45) is 0.114. The third-order valence-corrected chi connectivity index (χ3v) is 3.86. The van der Waals surface area contributed by atoms with Gasteiger partial charge in [0.2, 0.25) is 5.91 Å². The molecule has 8 heteroatoms. The molecule has 0 fully saturated rings. The Morgan fingerprint density at radius 1 is 1.00 bits per heavy atom. The van der Waals surface area contributed by atoms with Gasteiger partial charge in [-0.3, -0.25) is 14.4 Å². The van der Waals surface area contributed by atoms with E-state index in [1.54, 1.807) is 48.5 Å². The number of likely N-dealkylation sites (N-methyl/N-ethyl adjacent to an activating group) is 1. The maximum atomic E-state index is 12.1. The van der Waals surface area contributed by atoms with Gasteiger partial charge in [0.05, 0.1) is 0 Å². The molecule has 0 unspecified atom stereocenters. The number of amides is 3. The Hall–Kier alpha value is -3.06. The zero-order chi connectivity index (χ0) is 20.4. The molecule has 0 spiro atoms. The Kier molecular flexibility index (Phi) is 8.30. The second-order valence-corrected chi connectivity index (χ2v) is 6.27. The lowest BCUT2D eigenvalue weighted by molar-refractivity contribution is -0.123. The van der Waals surface area contributed by atoms with Crippen molar-refractivity contribution in [1.82, 2.24) is 10.6 Å². The van der Waals surface area contributed by atoms with Gasteiger partial charge in [-0.05, 0) is 43.3 Å². The maximum Gasteiger partial charge on any atom is 0.257 e. The van der Waals surface area contributed by atoms with E-state index in [1.165, 1.54) is 0 Å². The van der Waals surface area contributed by atoms with Crippen molar-refractivity contribution < 1.29 is 19.1 Å². The number of carbonyl (C=O) groups excluding carboxylic acids is 3. The molecule has 7 nitrogen and oxygen atoms in total. The number of rotatable bonds is 9. The fraction of sp³-hybridized carbons (Fsp3) is 0.250. The van der Waals surface area contributed by atoms with E-state index in [4.69, 9.17) is 16.3 Å². The van der Waals surface area contributed by atoms with Crippen LogP contribution >= 0.6 is 11.6 Å². The molecule has 2 aromatic rings. The lowest BCUT2D eigenvalue weighted by Crippen LogP contribution is -2.28. The zero-order valence-corrected chi connectivity index (χ0v) is 16.2. The van der Waals surface area contributed by atoms with Crippen molar-refractivity contribution >= 4 is 35.0 Å². The molecule has 3 N–H and O–H groups in total. The smallest absolute Gasteiger partial charge is 0.257 e. The molecule has 0 aliphatic heterocycles. The molecule has 0 saturated carbocycles. The molecule has 0 radical (unpaired) electrons. The number of nitrogens with one attached hydrogen (secondary N) is 3. The summed E-state index contributed by atoms with van der Waals surface area (Å²) >= 11 is 5.79. The summed E-state index contributed by atoms with van der Waals surface area (Å²) in [5, 5.41) is 8.59. The monoisotopic (exact) mass is 403 g/mol. The Morgan fingerprint density at radius 3 is 2.46 bits per heavy atom. The minimum absolute atomic E-state index is 0.0953. The van der Waals surface area contributed by atoms with Gasteiger partial charge >= 0.3 is 0 Å². The van der Waals surface area contributed by atoms with E-state index in [2.05, 4.69) is 16.0 Å². The average Bonchev–Trinajstić information content (AvgIpc) is 2.67. The molecule has 28 heavy (non-hydrogen) atoms. The highest BCUT2D eigenvalue weighted by molar-refractivity contribution is 6.30. The second kappa shape index (κ2) is 10.9. The lowest BCUT2D eigenvalue weighted by Gasteiger charge is -2.10. The predicted octanol–water partition coefficient (Wildman–Crippen LogP) is 2.61. The number of anilines is 1. The van der Waals surface area contributed by atoms with E-state index < -0.39 is 0 Å². The van der Waals surface area contributed by atoms with Gasteiger partial charge in [-0.2, -0.15) is 0 Å². The van der Waals surface area contributed by atoms with E-state index in [0.717, 1.165) is 0 Å². The van der Waals surface area contributed by atoms with E-state index in [0.29, 0.717) is 28.6 Å². The van der Waals surface area contributed by atoms with Crippen LogP contribution in [0.5, 0.6) is 5.75 Å². The van der Waals surface area contributed by atoms with Gasteiger partial charge in [0.25, 0.3) is 11.8 Å². The molecule has 2 aromatic carbocycles. The molecule has 148 valence electrons. The quantitative estimate of drug-likeness (QED) is 0.599. The van der Waals surface area contributed by atoms with Gasteiger partial charge < -0.3 is 20.7 Å². The highest BCUT2D eigenvalue weighted by atomic mass is 35.5. The van der Waals surface area contributed by atoms with Crippen LogP contribution in [0.25, 0.3) is 0 Å². The van der Waals surface area contributed by atoms with Gasteiger partial charge in [0.1, 0.15) is 5.75 Å². The Bertz CT molecular complexity index is 824. The Morgan fingerprint density at radius 2 is 1.75 bits per heavy atom. The van der Waals surface area contributed by atoms with Crippen molar-refractivity contribution in [2.45, 2.75) is 13.3 Å². The largest absolute Gasteiger partial charge is 0.484 e. The molecule has 0 heterocycles. The fourth-order valence-electron chi connectivity index (χ4n) is 2.28. The van der Waals surface area contributed by atoms with Gasteiger partial charge in [-0.1, -0.05) is 17.7 Å². The Labute approximate surface area is 168 Å². The molecule has 0 atom stereocenters. The van der Waals surface area contributed by atoms with Crippen molar-refractivity contribution in [3.63, 3.8) is 0 Å². The number of ether oxygens (including phenoxy) is 1. The minimum atomic E-state index is -0.273. The summed E-state index contributed by atoms with van der Waals surface area (Å²) in [6, 6.07) is 13.2. The third-order valence-electron chi connectivity index (χ3n) is 3.61. The van der Waals surface area contributed by atoms with Crippen LogP contribution in [-0.2, 0) is 9.59 Å². The summed E-state index contributed by atoms with van der Waals surface area (Å²) in [4.78, 5) is 35.5. The summed E-state index contributed by atoms with van der Waals surface area (Å²) in [7, 11) is 0. The number of hydrogen-bond acceptors (Lipinski definition) is 4. The molecule has 2 rings (SSSR count). The summed E-state index contributed by atoms with van der Waals surface area (Å²) < 4.78 is 5.38. The van der Waals surface area contributed by atoms with Crippen LogP contribution in [0.2, 0.25) is 5.02 Å². The SMILES string of the molecule is CCNC(=O)COc1cccc(NC(=O)CCNC(=O)c2ccc(Cl)cc2)c1. The van der Waals surface area contributed by atoms with Crippen molar-refractivity contribution in [3.05, 3.63) is 59.1 Å². The average molecular weight is 404 g/mol. The highest BCUT2D eigenvalue weighted by Gasteiger charge is 2.08. The van der Waals surface area contributed by atoms with Gasteiger partial charge in [-0.25, -0.2) is 0 Å². The van der Waals surface area contributed by atoms with Gasteiger partial charge in [-0.15, -0.1) is 0 Å². The molecule has 0 aromatic heterocycles. The first-order valence-electron chi connectivity index (χ1n) is 8.81. The predicted molar refractivity (Wildman–Crippen MR) is 108 cm³/mol. The van der Waals surface area contributed by atoms with Crippen molar-refractivity contribution in [1.29, 1.82) is 0 Å². The van der Waals surface area contributed by atoms with Crippen LogP contribution < -0.4 is 20.7 Å². The van der Waals surface area contributed by atoms with E-state index in [-0.39, 0.29) is 37.3 Å². The first-order chi connectivity index (χ1) is 13.5. The number of benzene rings is 2. The summed E-state index contributed by atoms with van der Waals surface area (Å²) in [5.74, 6) is -0.268. The zero-order valence-electron chi connectivity index (χ0n) is 15.5. The molecule has 0 aliphatic carbocycles. The van der Waals surface area contributed by atoms with Crippen LogP contribution in [0, 0.1) is 0 Å². The number of carbonyl (C=O) groups is 3. The second-order valence-electron chi connectivity index (χ2n) is 5.83. The van der Waals surface area contributed by atoms with E-state index in [9.17, 15) is 14.4 Å². The van der Waals surface area contributed by atoms with Gasteiger partial charge in [0, 0.05) is 41.9 Å². The Balaban J connectivity index is 1.76. The number of hydrogen-bond donors (Lipinski definition) is 3. The van der Waals surface area contributed by atoms with E-state index in [1.807, 2.05) is 6.92 Å². The normalized spacial score (nSPS) is 10.1. The number of halogens is 1. The van der Waals surface area contributed by atoms with Gasteiger partial charge in [0.15, 0.2) is 6.61 Å². The highest BCUT2D eigenvalue weighted by Crippen LogP contribution is 2.17. The van der Waals surface area contributed by atoms with Crippen molar-refractivity contribution in [2.24, 2.45) is 0 Å². The van der Waals surface area contributed by atoms with Crippen LogP contribution in [0.15, 0.2) is 48.5 Å². The third kappa shape index (κ3) is 7.28. The first kappa shape index (κ1) is 21.2. The van der Waals surface area contributed by atoms with Crippen LogP contribution in [-0.4, -0.2) is 37.4 Å². The standard InChI is InChI=1S/C20H22ClN3O4/c1-2-22-19(26)13-28-17-5-3-4-16(12-17)24-18(25)10-11-23-20(27)14-6-8-15(21)9-7-14/h3-9,12H,2,10-11,13H2,1H3,(H,22,26)(H,23,27)(H,24,25). The molecule has 0 bridgehead atoms. The lowest BCUT2D eigenvalue weighted by atomic mass is 10.2. The van der Waals surface area contributed by atoms with Crippen molar-refractivity contribution in [3.8, 4) is 5.75 Å². The molecule has 3 amide bonds. The van der Waals surface area contributed by atoms with Crippen LogP contribution in [0.1, 0.15) is 23.7 Å². The molecule has 0 aliphatic rings.